The third-order valence-electron chi connectivity index (χ3n) is 1.78. The van der Waals surface area contributed by atoms with Crippen LogP contribution in [0, 0.1) is 5.92 Å². The molecular formula is C6H12FN2. The highest BCUT2D eigenvalue weighted by molar-refractivity contribution is 4.85. The van der Waals surface area contributed by atoms with Crippen molar-refractivity contribution >= 4 is 0 Å². The summed E-state index contributed by atoms with van der Waals surface area (Å²) < 4.78 is 12.7. The first-order valence-corrected chi connectivity index (χ1v) is 3.24. The van der Waals surface area contributed by atoms with Crippen LogP contribution in [0.15, 0.2) is 0 Å². The van der Waals surface area contributed by atoms with Gasteiger partial charge in [-0.25, -0.2) is 9.71 Å². The minimum Gasteiger partial charge on any atom is -0.328 e. The van der Waals surface area contributed by atoms with Crippen LogP contribution in [0.5, 0.6) is 0 Å². The molecule has 9 heavy (non-hydrogen) atoms. The number of halogens is 1. The van der Waals surface area contributed by atoms with Gasteiger partial charge in [-0.2, -0.15) is 0 Å². The van der Waals surface area contributed by atoms with Crippen LogP contribution < -0.4 is 11.1 Å². The van der Waals surface area contributed by atoms with Crippen LogP contribution in [-0.4, -0.2) is 25.3 Å². The Morgan fingerprint density at radius 1 is 1.67 bits per heavy atom. The van der Waals surface area contributed by atoms with Gasteiger partial charge in [-0.3, -0.25) is 0 Å². The van der Waals surface area contributed by atoms with Gasteiger partial charge in [0.1, 0.15) is 6.17 Å². The Morgan fingerprint density at radius 3 is 2.56 bits per heavy atom. The quantitative estimate of drug-likeness (QED) is 0.530. The Hall–Kier alpha value is -0.150. The molecule has 1 fully saturated rings. The van der Waals surface area contributed by atoms with E-state index < -0.39 is 6.17 Å². The van der Waals surface area contributed by atoms with Crippen molar-refractivity contribution in [3.63, 3.8) is 0 Å². The molecular weight excluding hydrogens is 119 g/mol. The number of alkyl halides is 1. The smallest absolute Gasteiger partial charge is 0.120 e. The fourth-order valence-electron chi connectivity index (χ4n) is 1.09. The van der Waals surface area contributed by atoms with Crippen molar-refractivity contribution in [1.82, 2.24) is 5.32 Å². The van der Waals surface area contributed by atoms with Gasteiger partial charge in [0.15, 0.2) is 0 Å². The van der Waals surface area contributed by atoms with Gasteiger partial charge in [0, 0.05) is 25.0 Å². The highest BCUT2D eigenvalue weighted by Crippen LogP contribution is 2.15. The number of hydrogen-bond acceptors (Lipinski definition) is 1. The maximum atomic E-state index is 12.7. The molecule has 1 heterocycles. The lowest BCUT2D eigenvalue weighted by molar-refractivity contribution is 0.259. The third-order valence-corrected chi connectivity index (χ3v) is 1.78. The molecule has 0 aliphatic carbocycles. The van der Waals surface area contributed by atoms with Crippen LogP contribution in [0.3, 0.4) is 0 Å². The average molecular weight is 131 g/mol. The second kappa shape index (κ2) is 2.62. The lowest BCUT2D eigenvalue weighted by Crippen LogP contribution is -2.32. The van der Waals surface area contributed by atoms with Gasteiger partial charge in [0.25, 0.3) is 0 Å². The SMILES string of the molecule is CC(N)C1C[N]CC1F. The van der Waals surface area contributed by atoms with E-state index in [1.54, 1.807) is 0 Å². The van der Waals surface area contributed by atoms with Crippen LogP contribution in [0.4, 0.5) is 4.39 Å². The molecule has 1 aliphatic rings. The van der Waals surface area contributed by atoms with E-state index >= 15 is 0 Å². The topological polar surface area (TPSA) is 40.1 Å². The number of hydrogen-bond donors (Lipinski definition) is 1. The van der Waals surface area contributed by atoms with Gasteiger partial charge in [0.2, 0.25) is 0 Å². The Labute approximate surface area is 54.6 Å². The van der Waals surface area contributed by atoms with Crippen LogP contribution in [-0.2, 0) is 0 Å². The molecule has 3 atom stereocenters. The van der Waals surface area contributed by atoms with E-state index in [1.807, 2.05) is 6.92 Å². The lowest BCUT2D eigenvalue weighted by Gasteiger charge is -2.14. The minimum atomic E-state index is -0.787. The zero-order valence-corrected chi connectivity index (χ0v) is 5.55. The molecule has 3 unspecified atom stereocenters. The summed E-state index contributed by atoms with van der Waals surface area (Å²) >= 11 is 0. The summed E-state index contributed by atoms with van der Waals surface area (Å²) in [6.07, 6.45) is -0.787. The van der Waals surface area contributed by atoms with Gasteiger partial charge in [-0.05, 0) is 6.92 Å². The molecule has 0 saturated carbocycles. The summed E-state index contributed by atoms with van der Waals surface area (Å²) in [5, 5.41) is 3.91. The second-order valence-corrected chi connectivity index (χ2v) is 2.63. The molecule has 1 rings (SSSR count). The summed E-state index contributed by atoms with van der Waals surface area (Å²) in [7, 11) is 0. The molecule has 0 amide bonds. The first-order chi connectivity index (χ1) is 4.22. The van der Waals surface area contributed by atoms with Crippen molar-refractivity contribution in [1.29, 1.82) is 0 Å². The predicted molar refractivity (Wildman–Crippen MR) is 33.9 cm³/mol. The molecule has 2 N–H and O–H groups in total. The molecule has 1 aliphatic heterocycles. The Bertz CT molecular complexity index is 95.1. The Balaban J connectivity index is 2.40. The molecule has 1 saturated heterocycles. The zero-order chi connectivity index (χ0) is 6.85. The maximum Gasteiger partial charge on any atom is 0.120 e. The second-order valence-electron chi connectivity index (χ2n) is 2.63. The zero-order valence-electron chi connectivity index (χ0n) is 5.55. The maximum absolute atomic E-state index is 12.7. The fourth-order valence-corrected chi connectivity index (χ4v) is 1.09. The predicted octanol–water partition coefficient (Wildman–Crippen LogP) is -0.0941. The van der Waals surface area contributed by atoms with Gasteiger partial charge in [-0.1, -0.05) is 0 Å². The van der Waals surface area contributed by atoms with Crippen molar-refractivity contribution in [2.75, 3.05) is 13.1 Å². The summed E-state index contributed by atoms with van der Waals surface area (Å²) in [5.41, 5.74) is 5.49. The normalized spacial score (nSPS) is 39.0. The minimum absolute atomic E-state index is 0.0231. The van der Waals surface area contributed by atoms with E-state index in [1.165, 1.54) is 0 Å². The fraction of sp³-hybridized carbons (Fsp3) is 1.00. The highest BCUT2D eigenvalue weighted by atomic mass is 19.1. The van der Waals surface area contributed by atoms with Crippen LogP contribution in [0.2, 0.25) is 0 Å². The molecule has 1 radical (unpaired) electrons. The van der Waals surface area contributed by atoms with Crippen molar-refractivity contribution in [2.45, 2.75) is 19.1 Å². The van der Waals surface area contributed by atoms with E-state index in [2.05, 4.69) is 5.32 Å². The largest absolute Gasteiger partial charge is 0.328 e. The van der Waals surface area contributed by atoms with E-state index in [0.717, 1.165) is 0 Å². The molecule has 0 spiro atoms. The summed E-state index contributed by atoms with van der Waals surface area (Å²) in [6, 6.07) is -0.0498. The molecule has 0 aromatic rings. The average Bonchev–Trinajstić information content (AvgIpc) is 2.13. The van der Waals surface area contributed by atoms with Gasteiger partial charge in [-0.15, -0.1) is 0 Å². The number of nitrogens with zero attached hydrogens (tertiary/aromatic N) is 1. The molecule has 2 nitrogen and oxygen atoms in total. The summed E-state index contributed by atoms with van der Waals surface area (Å²) in [4.78, 5) is 0. The van der Waals surface area contributed by atoms with Gasteiger partial charge >= 0.3 is 0 Å². The van der Waals surface area contributed by atoms with Crippen LogP contribution in [0.1, 0.15) is 6.92 Å². The van der Waals surface area contributed by atoms with E-state index in [4.69, 9.17) is 5.73 Å². The van der Waals surface area contributed by atoms with Crippen molar-refractivity contribution < 1.29 is 4.39 Å². The van der Waals surface area contributed by atoms with Crippen molar-refractivity contribution in [3.8, 4) is 0 Å². The van der Waals surface area contributed by atoms with Crippen molar-refractivity contribution in [3.05, 3.63) is 0 Å². The summed E-state index contributed by atoms with van der Waals surface area (Å²) in [5.74, 6) is -0.0231. The van der Waals surface area contributed by atoms with Gasteiger partial charge < -0.3 is 5.73 Å². The molecule has 3 heteroatoms. The first-order valence-electron chi connectivity index (χ1n) is 3.24. The van der Waals surface area contributed by atoms with Crippen LogP contribution in [0.25, 0.3) is 0 Å². The summed E-state index contributed by atoms with van der Waals surface area (Å²) in [6.45, 7) is 2.79. The Morgan fingerprint density at radius 2 is 2.33 bits per heavy atom. The lowest BCUT2D eigenvalue weighted by atomic mass is 10.0. The van der Waals surface area contributed by atoms with Crippen LogP contribution >= 0.6 is 0 Å². The first kappa shape index (κ1) is 6.96. The number of nitrogens with two attached hydrogens (primary N) is 1. The molecule has 53 valence electrons. The molecule has 0 aromatic heterocycles. The van der Waals surface area contributed by atoms with E-state index in [0.29, 0.717) is 13.1 Å². The standard InChI is InChI=1S/C6H12FN2/c1-4(8)5-2-9-3-6(5)7/h4-6H,2-3,8H2,1H3. The monoisotopic (exact) mass is 131 g/mol. The third kappa shape index (κ3) is 1.40. The van der Waals surface area contributed by atoms with E-state index in [-0.39, 0.29) is 12.0 Å². The molecule has 0 aromatic carbocycles. The van der Waals surface area contributed by atoms with Crippen molar-refractivity contribution in [2.24, 2.45) is 11.7 Å². The van der Waals surface area contributed by atoms with E-state index in [9.17, 15) is 4.39 Å². The Kier molecular flexibility index (Phi) is 2.03. The van der Waals surface area contributed by atoms with Gasteiger partial charge in [0.05, 0.1) is 0 Å². The molecule has 0 bridgehead atoms. The number of rotatable bonds is 1. The highest BCUT2D eigenvalue weighted by Gasteiger charge is 2.30.